The van der Waals surface area contributed by atoms with E-state index in [1.165, 1.54) is 32.1 Å². The van der Waals surface area contributed by atoms with Crippen LogP contribution in [0.5, 0.6) is 11.5 Å². The van der Waals surface area contributed by atoms with Gasteiger partial charge < -0.3 is 20.7 Å². The lowest BCUT2D eigenvalue weighted by atomic mass is 9.54. The normalized spacial score (nSPS) is 29.4. The molecule has 0 atom stereocenters. The van der Waals surface area contributed by atoms with E-state index in [1.807, 2.05) is 53.4 Å². The van der Waals surface area contributed by atoms with E-state index in [-0.39, 0.29) is 5.91 Å². The van der Waals surface area contributed by atoms with E-state index < -0.39 is 0 Å². The topological polar surface area (TPSA) is 80.0 Å². The molecule has 172 valence electrons. The van der Waals surface area contributed by atoms with Gasteiger partial charge in [-0.3, -0.25) is 4.79 Å². The molecule has 4 bridgehead atoms. The minimum atomic E-state index is 0.146. The van der Waals surface area contributed by atoms with Gasteiger partial charge in [0.05, 0.1) is 5.69 Å². The molecule has 1 aliphatic heterocycles. The Morgan fingerprint density at radius 3 is 2.45 bits per heavy atom. The van der Waals surface area contributed by atoms with Crippen molar-refractivity contribution in [3.8, 4) is 11.5 Å². The van der Waals surface area contributed by atoms with Crippen LogP contribution in [0.3, 0.4) is 0 Å². The van der Waals surface area contributed by atoms with Gasteiger partial charge in [-0.15, -0.1) is 0 Å². The molecule has 1 heterocycles. The van der Waals surface area contributed by atoms with Gasteiger partial charge in [-0.05, 0) is 86.1 Å². The molecular weight excluding hydrogens is 412 g/mol. The summed E-state index contributed by atoms with van der Waals surface area (Å²) in [5.41, 5.74) is 8.15. The Bertz CT molecular complexity index is 1040. The summed E-state index contributed by atoms with van der Waals surface area (Å²) in [4.78, 5) is 19.4. The van der Waals surface area contributed by atoms with Crippen LogP contribution < -0.4 is 15.8 Å². The van der Waals surface area contributed by atoms with Crippen molar-refractivity contribution in [3.63, 3.8) is 0 Å². The number of fused-ring (bicyclic) bond motifs is 1. The first-order valence-corrected chi connectivity index (χ1v) is 12.3. The van der Waals surface area contributed by atoms with E-state index in [9.17, 15) is 4.79 Å². The second-order valence-electron chi connectivity index (χ2n) is 10.4. The summed E-state index contributed by atoms with van der Waals surface area (Å²) in [6.07, 6.45) is 7.12. The van der Waals surface area contributed by atoms with Crippen LogP contribution in [0.1, 0.15) is 44.1 Å². The summed E-state index contributed by atoms with van der Waals surface area (Å²) in [5.74, 6) is 5.42. The zero-order valence-corrected chi connectivity index (χ0v) is 19.0. The molecule has 7 rings (SSSR count). The molecule has 5 aliphatic rings. The monoisotopic (exact) mass is 444 g/mol. The highest BCUT2D eigenvalue weighted by atomic mass is 16.5. The molecule has 33 heavy (non-hydrogen) atoms. The molecular formula is C27H32N4O2. The summed E-state index contributed by atoms with van der Waals surface area (Å²) >= 11 is 0. The van der Waals surface area contributed by atoms with E-state index >= 15 is 0 Å². The molecule has 0 aromatic heterocycles. The Kier molecular flexibility index (Phi) is 5.24. The zero-order chi connectivity index (χ0) is 22.4. The number of para-hydroxylation sites is 1. The van der Waals surface area contributed by atoms with Gasteiger partial charge in [0.1, 0.15) is 11.5 Å². The third-order valence-corrected chi connectivity index (χ3v) is 8.11. The van der Waals surface area contributed by atoms with E-state index in [1.54, 1.807) is 0 Å². The molecule has 4 fully saturated rings. The highest BCUT2D eigenvalue weighted by molar-refractivity contribution is 5.84. The Labute approximate surface area is 195 Å². The van der Waals surface area contributed by atoms with Crippen LogP contribution in [0.2, 0.25) is 0 Å². The van der Waals surface area contributed by atoms with E-state index in [0.717, 1.165) is 34.6 Å². The largest absolute Gasteiger partial charge is 0.457 e. The number of hydrogen-bond donors (Lipinski definition) is 2. The minimum Gasteiger partial charge on any atom is -0.457 e. The van der Waals surface area contributed by atoms with E-state index in [2.05, 4.69) is 10.3 Å². The highest BCUT2D eigenvalue weighted by Crippen LogP contribution is 2.53. The third-order valence-electron chi connectivity index (χ3n) is 8.11. The predicted octanol–water partition coefficient (Wildman–Crippen LogP) is 4.57. The van der Waals surface area contributed by atoms with Crippen LogP contribution in [0.15, 0.2) is 53.5 Å². The van der Waals surface area contributed by atoms with Gasteiger partial charge in [0, 0.05) is 31.1 Å². The lowest BCUT2D eigenvalue weighted by Crippen LogP contribution is -2.56. The summed E-state index contributed by atoms with van der Waals surface area (Å²) in [7, 11) is 0. The van der Waals surface area contributed by atoms with Crippen molar-refractivity contribution < 1.29 is 9.53 Å². The summed E-state index contributed by atoms with van der Waals surface area (Å²) < 4.78 is 5.97. The molecule has 0 radical (unpaired) electrons. The third kappa shape index (κ3) is 4.19. The van der Waals surface area contributed by atoms with Crippen LogP contribution in [0.25, 0.3) is 0 Å². The highest BCUT2D eigenvalue weighted by Gasteiger charge is 2.48. The number of carbonyl (C=O) groups is 1. The summed E-state index contributed by atoms with van der Waals surface area (Å²) in [6, 6.07) is 16.0. The summed E-state index contributed by atoms with van der Waals surface area (Å²) in [5, 5.41) is 3.41. The van der Waals surface area contributed by atoms with Crippen molar-refractivity contribution >= 4 is 17.6 Å². The number of nitrogens with one attached hydrogen (secondary N) is 1. The van der Waals surface area contributed by atoms with Crippen molar-refractivity contribution in [3.05, 3.63) is 54.1 Å². The molecule has 0 spiro atoms. The van der Waals surface area contributed by atoms with E-state index in [4.69, 9.17) is 10.5 Å². The Morgan fingerprint density at radius 1 is 1.00 bits per heavy atom. The maximum atomic E-state index is 12.8. The number of guanidine groups is 1. The van der Waals surface area contributed by atoms with Crippen molar-refractivity contribution in [1.29, 1.82) is 0 Å². The van der Waals surface area contributed by atoms with Gasteiger partial charge in [0.15, 0.2) is 5.96 Å². The standard InChI is InChI=1S/C27H32N4O2/c28-27-29-24-7-6-23(33-22-4-2-1-3-5-22)15-21(24)16-31(27)9-8-25(32)30-26-19-11-17-10-18(13-19)14-20(26)12-17/h1-7,15,17-20,26H,8-14,16H2,(H2,28,29)(H,30,32). The second-order valence-corrected chi connectivity index (χ2v) is 10.4. The van der Waals surface area contributed by atoms with Crippen molar-refractivity contribution in [2.75, 3.05) is 6.54 Å². The fourth-order valence-electron chi connectivity index (χ4n) is 6.82. The Morgan fingerprint density at radius 2 is 1.73 bits per heavy atom. The Balaban J connectivity index is 1.06. The lowest BCUT2D eigenvalue weighted by Gasteiger charge is -2.54. The maximum Gasteiger partial charge on any atom is 0.222 e. The zero-order valence-electron chi connectivity index (χ0n) is 19.0. The van der Waals surface area contributed by atoms with Crippen molar-refractivity contribution in [1.82, 2.24) is 10.2 Å². The first-order chi connectivity index (χ1) is 16.1. The minimum absolute atomic E-state index is 0.146. The lowest BCUT2D eigenvalue weighted by molar-refractivity contribution is -0.125. The first kappa shape index (κ1) is 20.6. The van der Waals surface area contributed by atoms with Crippen LogP contribution in [-0.4, -0.2) is 29.4 Å². The molecule has 3 N–H and O–H groups in total. The first-order valence-electron chi connectivity index (χ1n) is 12.3. The number of amides is 1. The maximum absolute atomic E-state index is 12.8. The molecule has 2 aromatic carbocycles. The number of carbonyl (C=O) groups excluding carboxylic acids is 1. The molecule has 6 heteroatoms. The van der Waals surface area contributed by atoms with Gasteiger partial charge in [-0.25, -0.2) is 4.99 Å². The Hall–Kier alpha value is -3.02. The van der Waals surface area contributed by atoms with Crippen LogP contribution in [0.4, 0.5) is 5.69 Å². The molecule has 4 saturated carbocycles. The average Bonchev–Trinajstić information content (AvgIpc) is 2.80. The number of hydrogen-bond acceptors (Lipinski definition) is 5. The quantitative estimate of drug-likeness (QED) is 0.684. The number of ether oxygens (including phenoxy) is 1. The van der Waals surface area contributed by atoms with Crippen LogP contribution >= 0.6 is 0 Å². The molecule has 1 amide bonds. The molecule has 4 aliphatic carbocycles. The van der Waals surface area contributed by atoms with Gasteiger partial charge >= 0.3 is 0 Å². The van der Waals surface area contributed by atoms with Crippen molar-refractivity contribution in [2.24, 2.45) is 34.4 Å². The van der Waals surface area contributed by atoms with Gasteiger partial charge in [0.25, 0.3) is 0 Å². The number of rotatable bonds is 6. The fourth-order valence-corrected chi connectivity index (χ4v) is 6.82. The average molecular weight is 445 g/mol. The second kappa shape index (κ2) is 8.40. The van der Waals surface area contributed by atoms with Gasteiger partial charge in [0.2, 0.25) is 5.91 Å². The van der Waals surface area contributed by atoms with E-state index in [0.29, 0.717) is 43.3 Å². The smallest absolute Gasteiger partial charge is 0.222 e. The number of benzene rings is 2. The SMILES string of the molecule is NC1=Nc2ccc(Oc3ccccc3)cc2CN1CCC(=O)NC1C2CC3CC(C2)CC1C3. The fraction of sp³-hybridized carbons (Fsp3) is 0.481. The number of nitrogens with two attached hydrogens (primary N) is 1. The van der Waals surface area contributed by atoms with Gasteiger partial charge in [-0.2, -0.15) is 0 Å². The van der Waals surface area contributed by atoms with Gasteiger partial charge in [-0.1, -0.05) is 18.2 Å². The molecule has 6 nitrogen and oxygen atoms in total. The van der Waals surface area contributed by atoms with Crippen LogP contribution in [0, 0.1) is 23.7 Å². The van der Waals surface area contributed by atoms with Crippen LogP contribution in [-0.2, 0) is 11.3 Å². The molecule has 2 aromatic rings. The molecule has 0 unspecified atom stereocenters. The predicted molar refractivity (Wildman–Crippen MR) is 128 cm³/mol. The summed E-state index contributed by atoms with van der Waals surface area (Å²) in [6.45, 7) is 1.19. The van der Waals surface area contributed by atoms with Crippen molar-refractivity contribution in [2.45, 2.75) is 51.1 Å². The number of aliphatic imine (C=N–C) groups is 1. The number of nitrogens with zero attached hydrogens (tertiary/aromatic N) is 2. The molecule has 0 saturated heterocycles.